The number of benzene rings is 2. The van der Waals surface area contributed by atoms with Gasteiger partial charge in [-0.3, -0.25) is 18.9 Å². The lowest BCUT2D eigenvalue weighted by atomic mass is 10.1. The first-order chi connectivity index (χ1) is 17.2. The van der Waals surface area contributed by atoms with Crippen molar-refractivity contribution in [3.05, 3.63) is 75.3 Å². The number of hydrogen-bond donors (Lipinski definition) is 4. The summed E-state index contributed by atoms with van der Waals surface area (Å²) in [6, 6.07) is 11.3. The molecule has 1 aromatic heterocycles. The lowest BCUT2D eigenvalue weighted by Gasteiger charge is -2.21. The van der Waals surface area contributed by atoms with Crippen molar-refractivity contribution in [3.8, 4) is 11.5 Å². The Morgan fingerprint density at radius 1 is 1.17 bits per heavy atom. The van der Waals surface area contributed by atoms with Gasteiger partial charge in [0.2, 0.25) is 0 Å². The minimum absolute atomic E-state index is 0.0379. The molecule has 0 bridgehead atoms. The predicted octanol–water partition coefficient (Wildman–Crippen LogP) is 3.78. The molecule has 1 heterocycles. The number of nitrogens with one attached hydrogen (secondary N) is 4. The number of aromatic nitrogens is 1. The van der Waals surface area contributed by atoms with Crippen molar-refractivity contribution < 1.29 is 18.1 Å². The van der Waals surface area contributed by atoms with Gasteiger partial charge in [-0.1, -0.05) is 12.1 Å². The molecule has 190 valence electrons. The van der Waals surface area contributed by atoms with Crippen LogP contribution in [-0.2, 0) is 18.2 Å². The van der Waals surface area contributed by atoms with Crippen molar-refractivity contribution in [3.63, 3.8) is 0 Å². The van der Waals surface area contributed by atoms with Gasteiger partial charge in [0, 0.05) is 19.2 Å². The fourth-order valence-corrected chi connectivity index (χ4v) is 4.07. The van der Waals surface area contributed by atoms with E-state index in [0.717, 1.165) is 18.4 Å². The van der Waals surface area contributed by atoms with Gasteiger partial charge >= 0.3 is 0 Å². The van der Waals surface area contributed by atoms with Crippen molar-refractivity contribution in [1.82, 2.24) is 14.6 Å². The Kier molecular flexibility index (Phi) is 7.41. The molecule has 1 atom stereocenters. The van der Waals surface area contributed by atoms with Crippen LogP contribution < -0.4 is 30.4 Å². The standard InChI is InChI=1S/C25H28FN5O4S/c1-14-8-11-20(19(26)12-14)29-23-21(24(32)28-16-9-10-16)22(15(2)25(33)31(23)4)35-18-7-5-6-17(13-18)30-36(34)27-3/h5-8,11-13,16,27,29-30H,9-10H2,1-4H3,(H,28,32). The van der Waals surface area contributed by atoms with E-state index in [2.05, 4.69) is 20.1 Å². The van der Waals surface area contributed by atoms with E-state index in [0.29, 0.717) is 11.4 Å². The number of carbonyl (C=O) groups excluding carboxylic acids is 1. The van der Waals surface area contributed by atoms with Crippen molar-refractivity contribution in [1.29, 1.82) is 0 Å². The molecule has 9 nitrogen and oxygen atoms in total. The Labute approximate surface area is 210 Å². The summed E-state index contributed by atoms with van der Waals surface area (Å²) in [4.78, 5) is 26.6. The fraction of sp³-hybridized carbons (Fsp3) is 0.280. The molecule has 1 fully saturated rings. The highest BCUT2D eigenvalue weighted by Crippen LogP contribution is 2.35. The van der Waals surface area contributed by atoms with Crippen molar-refractivity contribution in [2.24, 2.45) is 7.05 Å². The molecule has 0 spiro atoms. The summed E-state index contributed by atoms with van der Waals surface area (Å²) >= 11 is -1.50. The summed E-state index contributed by atoms with van der Waals surface area (Å²) in [5.41, 5.74) is 1.24. The molecule has 1 aliphatic rings. The van der Waals surface area contributed by atoms with Crippen LogP contribution in [0.15, 0.2) is 47.3 Å². The molecule has 3 aromatic rings. The number of hydrogen-bond acceptors (Lipinski definition) is 5. The lowest BCUT2D eigenvalue weighted by Crippen LogP contribution is -2.31. The summed E-state index contributed by atoms with van der Waals surface area (Å²) in [5.74, 6) is -0.482. The number of carbonyl (C=O) groups is 1. The van der Waals surface area contributed by atoms with Crippen LogP contribution in [0.4, 0.5) is 21.6 Å². The van der Waals surface area contributed by atoms with E-state index in [9.17, 15) is 18.2 Å². The van der Waals surface area contributed by atoms with Crippen molar-refractivity contribution in [2.45, 2.75) is 32.7 Å². The Bertz CT molecular complexity index is 1400. The second-order valence-corrected chi connectivity index (χ2v) is 9.75. The zero-order chi connectivity index (χ0) is 26.0. The van der Waals surface area contributed by atoms with E-state index < -0.39 is 28.5 Å². The maximum absolute atomic E-state index is 14.7. The summed E-state index contributed by atoms with van der Waals surface area (Å²) in [7, 11) is 3.06. The van der Waals surface area contributed by atoms with Gasteiger partial charge in [0.1, 0.15) is 22.9 Å². The third-order valence-corrected chi connectivity index (χ3v) is 6.52. The summed E-state index contributed by atoms with van der Waals surface area (Å²) < 4.78 is 39.3. The van der Waals surface area contributed by atoms with Crippen LogP contribution in [0.1, 0.15) is 34.3 Å². The quantitative estimate of drug-likeness (QED) is 0.348. The van der Waals surface area contributed by atoms with E-state index in [4.69, 9.17) is 4.74 Å². The van der Waals surface area contributed by atoms with Gasteiger partial charge in [0.05, 0.1) is 16.9 Å². The van der Waals surface area contributed by atoms with Crippen LogP contribution in [0.3, 0.4) is 0 Å². The fourth-order valence-electron chi connectivity index (χ4n) is 3.63. The van der Waals surface area contributed by atoms with Gasteiger partial charge < -0.3 is 15.4 Å². The van der Waals surface area contributed by atoms with Gasteiger partial charge in [0.15, 0.2) is 16.9 Å². The van der Waals surface area contributed by atoms with Crippen molar-refractivity contribution >= 4 is 34.3 Å². The Hall–Kier alpha value is -3.70. The molecular weight excluding hydrogens is 485 g/mol. The van der Waals surface area contributed by atoms with Crippen LogP contribution in [0.5, 0.6) is 11.5 Å². The van der Waals surface area contributed by atoms with Crippen molar-refractivity contribution in [2.75, 3.05) is 17.1 Å². The van der Waals surface area contributed by atoms with E-state index in [-0.39, 0.29) is 34.4 Å². The number of amides is 1. The second-order valence-electron chi connectivity index (χ2n) is 8.60. The Morgan fingerprint density at radius 2 is 1.92 bits per heavy atom. The smallest absolute Gasteiger partial charge is 0.259 e. The number of ether oxygens (including phenoxy) is 1. The van der Waals surface area contributed by atoms with Crippen LogP contribution >= 0.6 is 0 Å². The number of aryl methyl sites for hydroxylation is 1. The minimum atomic E-state index is -1.50. The molecular formula is C25H28FN5O4S. The molecule has 0 saturated heterocycles. The van der Waals surface area contributed by atoms with Crippen LogP contribution in [0.2, 0.25) is 0 Å². The molecule has 1 unspecified atom stereocenters. The van der Waals surface area contributed by atoms with E-state index >= 15 is 0 Å². The number of anilines is 3. The zero-order valence-electron chi connectivity index (χ0n) is 20.4. The maximum atomic E-state index is 14.7. The molecule has 11 heteroatoms. The zero-order valence-corrected chi connectivity index (χ0v) is 21.2. The average molecular weight is 514 g/mol. The topological polar surface area (TPSA) is 113 Å². The van der Waals surface area contributed by atoms with Gasteiger partial charge in [-0.15, -0.1) is 0 Å². The monoisotopic (exact) mass is 513 g/mol. The molecule has 1 amide bonds. The number of rotatable bonds is 9. The van der Waals surface area contributed by atoms with Gasteiger partial charge in [-0.25, -0.2) is 13.3 Å². The third kappa shape index (κ3) is 5.58. The van der Waals surface area contributed by atoms with Gasteiger partial charge in [-0.2, -0.15) is 0 Å². The summed E-state index contributed by atoms with van der Waals surface area (Å²) in [5, 5.41) is 5.87. The minimum Gasteiger partial charge on any atom is -0.456 e. The molecule has 1 saturated carbocycles. The lowest BCUT2D eigenvalue weighted by molar-refractivity contribution is 0.0948. The Morgan fingerprint density at radius 3 is 2.58 bits per heavy atom. The van der Waals surface area contributed by atoms with Gasteiger partial charge in [-0.05, 0) is 63.6 Å². The molecule has 4 rings (SSSR count). The van der Waals surface area contributed by atoms with Crippen LogP contribution in [0, 0.1) is 19.7 Å². The molecule has 4 N–H and O–H groups in total. The largest absolute Gasteiger partial charge is 0.456 e. The normalized spacial score (nSPS) is 13.7. The molecule has 0 aliphatic heterocycles. The number of pyridine rings is 1. The van der Waals surface area contributed by atoms with Crippen LogP contribution in [-0.4, -0.2) is 27.8 Å². The highest BCUT2D eigenvalue weighted by Gasteiger charge is 2.30. The third-order valence-electron chi connectivity index (χ3n) is 5.73. The highest BCUT2D eigenvalue weighted by atomic mass is 32.2. The first-order valence-corrected chi connectivity index (χ1v) is 12.5. The Balaban J connectivity index is 1.83. The first kappa shape index (κ1) is 25.4. The first-order valence-electron chi connectivity index (χ1n) is 11.4. The number of nitrogens with zero attached hydrogens (tertiary/aromatic N) is 1. The van der Waals surface area contributed by atoms with Gasteiger partial charge in [0.25, 0.3) is 11.5 Å². The molecule has 0 radical (unpaired) electrons. The summed E-state index contributed by atoms with van der Waals surface area (Å²) in [6.45, 7) is 3.34. The van der Waals surface area contributed by atoms with E-state index in [1.807, 2.05) is 0 Å². The second kappa shape index (κ2) is 10.5. The van der Waals surface area contributed by atoms with E-state index in [1.54, 1.807) is 57.3 Å². The summed E-state index contributed by atoms with van der Waals surface area (Å²) in [6.07, 6.45) is 1.72. The predicted molar refractivity (Wildman–Crippen MR) is 139 cm³/mol. The van der Waals surface area contributed by atoms with Crippen LogP contribution in [0.25, 0.3) is 0 Å². The SMILES string of the molecule is CNS(=O)Nc1cccc(Oc2c(C(=O)NC3CC3)c(Nc3ccc(C)cc3F)n(C)c(=O)c2C)c1. The number of halogens is 1. The van der Waals surface area contributed by atoms with E-state index in [1.165, 1.54) is 17.7 Å². The molecule has 36 heavy (non-hydrogen) atoms. The maximum Gasteiger partial charge on any atom is 0.259 e. The molecule has 2 aromatic carbocycles. The average Bonchev–Trinajstić information content (AvgIpc) is 3.66. The molecule has 1 aliphatic carbocycles. The highest BCUT2D eigenvalue weighted by molar-refractivity contribution is 7.84.